The van der Waals surface area contributed by atoms with Gasteiger partial charge >= 0.3 is 0 Å². The fourth-order valence-electron chi connectivity index (χ4n) is 1.21. The number of hydrazine groups is 1. The van der Waals surface area contributed by atoms with Crippen LogP contribution in [-0.2, 0) is 7.05 Å². The van der Waals surface area contributed by atoms with Gasteiger partial charge in [0.2, 0.25) is 0 Å². The average Bonchev–Trinajstić information content (AvgIpc) is 2.74. The Labute approximate surface area is 96.0 Å². The quantitative estimate of drug-likeness (QED) is 0.466. The Morgan fingerprint density at radius 3 is 3.00 bits per heavy atom. The summed E-state index contributed by atoms with van der Waals surface area (Å²) in [5.74, 6) is 5.00. The van der Waals surface area contributed by atoms with Gasteiger partial charge in [-0.05, 0) is 11.3 Å². The third kappa shape index (κ3) is 2.34. The zero-order chi connectivity index (χ0) is 12.3. The predicted octanol–water partition coefficient (Wildman–Crippen LogP) is -0.857. The first-order valence-corrected chi connectivity index (χ1v) is 4.66. The second-order valence-corrected chi connectivity index (χ2v) is 3.12. The molecule has 0 unspecified atom stereocenters. The van der Waals surface area contributed by atoms with E-state index in [9.17, 15) is 4.79 Å². The number of aromatic nitrogens is 5. The summed E-state index contributed by atoms with van der Waals surface area (Å²) < 4.78 is 0. The topological polar surface area (TPSA) is 124 Å². The Morgan fingerprint density at radius 2 is 2.35 bits per heavy atom. The number of nitrogens with two attached hydrogens (primary N) is 1. The summed E-state index contributed by atoms with van der Waals surface area (Å²) in [5.41, 5.74) is 3.14. The van der Waals surface area contributed by atoms with Crippen molar-refractivity contribution in [3.8, 4) is 0 Å². The highest BCUT2D eigenvalue weighted by Crippen LogP contribution is 2.12. The maximum atomic E-state index is 11.9. The van der Waals surface area contributed by atoms with Crippen LogP contribution in [0.4, 0.5) is 11.6 Å². The molecule has 0 aliphatic heterocycles. The van der Waals surface area contributed by atoms with Crippen LogP contribution in [-0.4, -0.2) is 31.1 Å². The number of hydrogen-bond donors (Lipinski definition) is 3. The summed E-state index contributed by atoms with van der Waals surface area (Å²) in [6.07, 6.45) is 2.93. The van der Waals surface area contributed by atoms with E-state index in [1.165, 1.54) is 23.3 Å². The highest BCUT2D eigenvalue weighted by atomic mass is 16.1. The van der Waals surface area contributed by atoms with E-state index in [0.29, 0.717) is 11.3 Å². The van der Waals surface area contributed by atoms with E-state index in [2.05, 4.69) is 31.1 Å². The molecule has 0 spiro atoms. The standard InChI is InChI=1S/C8H10N8O/c1-16-14-8(13-15-16)11-7(17)5-2-3-10-4-6(5)12-9/h2-4,12H,9H2,1H3,(H,11,14,17). The maximum absolute atomic E-state index is 11.9. The number of pyridine rings is 1. The number of nitrogen functional groups attached to an aromatic ring is 1. The van der Waals surface area contributed by atoms with E-state index in [-0.39, 0.29) is 5.95 Å². The number of hydrogen-bond acceptors (Lipinski definition) is 7. The second kappa shape index (κ2) is 4.53. The van der Waals surface area contributed by atoms with Gasteiger partial charge in [-0.25, -0.2) is 0 Å². The van der Waals surface area contributed by atoms with Gasteiger partial charge in [-0.15, -0.1) is 5.10 Å². The van der Waals surface area contributed by atoms with Crippen molar-refractivity contribution >= 4 is 17.5 Å². The first-order chi connectivity index (χ1) is 8.20. The van der Waals surface area contributed by atoms with Crippen LogP contribution in [0.15, 0.2) is 18.5 Å². The second-order valence-electron chi connectivity index (χ2n) is 3.12. The molecule has 88 valence electrons. The lowest BCUT2D eigenvalue weighted by Crippen LogP contribution is -2.18. The SMILES string of the molecule is Cn1nnc(NC(=O)c2ccncc2NN)n1. The molecule has 1 amide bonds. The van der Waals surface area contributed by atoms with Crippen LogP contribution < -0.4 is 16.6 Å². The number of nitrogens with one attached hydrogen (secondary N) is 2. The Balaban J connectivity index is 2.20. The molecule has 0 fully saturated rings. The van der Waals surface area contributed by atoms with Gasteiger partial charge in [0.15, 0.2) is 0 Å². The third-order valence-electron chi connectivity index (χ3n) is 1.95. The largest absolute Gasteiger partial charge is 0.322 e. The smallest absolute Gasteiger partial charge is 0.270 e. The fourth-order valence-corrected chi connectivity index (χ4v) is 1.21. The van der Waals surface area contributed by atoms with Crippen molar-refractivity contribution in [3.63, 3.8) is 0 Å². The molecular formula is C8H10N8O. The number of nitrogens with zero attached hydrogens (tertiary/aromatic N) is 5. The van der Waals surface area contributed by atoms with Gasteiger partial charge in [0.25, 0.3) is 11.9 Å². The molecule has 17 heavy (non-hydrogen) atoms. The number of aryl methyl sites for hydroxylation is 1. The summed E-state index contributed by atoms with van der Waals surface area (Å²) in [6, 6.07) is 1.53. The predicted molar refractivity (Wildman–Crippen MR) is 58.8 cm³/mol. The number of amides is 1. The van der Waals surface area contributed by atoms with Crippen molar-refractivity contribution in [2.75, 3.05) is 10.7 Å². The van der Waals surface area contributed by atoms with Crippen molar-refractivity contribution in [3.05, 3.63) is 24.0 Å². The number of carbonyl (C=O) groups excluding carboxylic acids is 1. The Bertz CT molecular complexity index is 536. The van der Waals surface area contributed by atoms with Crippen LogP contribution >= 0.6 is 0 Å². The van der Waals surface area contributed by atoms with Gasteiger partial charge < -0.3 is 5.43 Å². The molecule has 2 heterocycles. The summed E-state index contributed by atoms with van der Waals surface area (Å²) in [7, 11) is 1.60. The lowest BCUT2D eigenvalue weighted by Gasteiger charge is -2.06. The van der Waals surface area contributed by atoms with Crippen molar-refractivity contribution in [2.45, 2.75) is 0 Å². The third-order valence-corrected chi connectivity index (χ3v) is 1.95. The van der Waals surface area contributed by atoms with Crippen LogP contribution in [0.2, 0.25) is 0 Å². The van der Waals surface area contributed by atoms with Gasteiger partial charge in [-0.2, -0.15) is 4.80 Å². The van der Waals surface area contributed by atoms with E-state index in [1.54, 1.807) is 7.05 Å². The van der Waals surface area contributed by atoms with Crippen molar-refractivity contribution in [2.24, 2.45) is 12.9 Å². The zero-order valence-corrected chi connectivity index (χ0v) is 8.95. The number of carbonyl (C=O) groups is 1. The fraction of sp³-hybridized carbons (Fsp3) is 0.125. The highest BCUT2D eigenvalue weighted by molar-refractivity contribution is 6.06. The lowest BCUT2D eigenvalue weighted by molar-refractivity contribution is 0.102. The van der Waals surface area contributed by atoms with Crippen molar-refractivity contribution in [1.29, 1.82) is 0 Å². The van der Waals surface area contributed by atoms with Gasteiger partial charge in [-0.1, -0.05) is 5.10 Å². The molecule has 2 aromatic heterocycles. The molecular weight excluding hydrogens is 224 g/mol. The maximum Gasteiger partial charge on any atom is 0.270 e. The summed E-state index contributed by atoms with van der Waals surface area (Å²) in [6.45, 7) is 0. The molecule has 9 nitrogen and oxygen atoms in total. The molecule has 4 N–H and O–H groups in total. The molecule has 0 saturated carbocycles. The molecule has 0 atom stereocenters. The summed E-state index contributed by atoms with van der Waals surface area (Å²) in [4.78, 5) is 16.9. The number of anilines is 2. The zero-order valence-electron chi connectivity index (χ0n) is 8.95. The van der Waals surface area contributed by atoms with Crippen LogP contribution in [0.3, 0.4) is 0 Å². The molecule has 0 radical (unpaired) electrons. The van der Waals surface area contributed by atoms with E-state index in [4.69, 9.17) is 5.84 Å². The minimum atomic E-state index is -0.395. The molecule has 2 rings (SSSR count). The van der Waals surface area contributed by atoms with Crippen LogP contribution in [0.25, 0.3) is 0 Å². The first kappa shape index (κ1) is 11.0. The molecule has 0 aliphatic rings. The van der Waals surface area contributed by atoms with Crippen LogP contribution in [0, 0.1) is 0 Å². The lowest BCUT2D eigenvalue weighted by atomic mass is 10.2. The highest BCUT2D eigenvalue weighted by Gasteiger charge is 2.12. The Hall–Kier alpha value is -2.55. The van der Waals surface area contributed by atoms with Crippen LogP contribution in [0.5, 0.6) is 0 Å². The summed E-state index contributed by atoms with van der Waals surface area (Å²) in [5, 5.41) is 13.5. The molecule has 2 aromatic rings. The average molecular weight is 234 g/mol. The molecule has 0 saturated heterocycles. The van der Waals surface area contributed by atoms with Gasteiger partial charge in [0.05, 0.1) is 24.5 Å². The number of tetrazole rings is 1. The minimum absolute atomic E-state index is 0.122. The van der Waals surface area contributed by atoms with Gasteiger partial charge in [0, 0.05) is 6.20 Å². The molecule has 0 aliphatic carbocycles. The van der Waals surface area contributed by atoms with Gasteiger partial charge in [-0.3, -0.25) is 20.9 Å². The summed E-state index contributed by atoms with van der Waals surface area (Å²) >= 11 is 0. The van der Waals surface area contributed by atoms with E-state index in [0.717, 1.165) is 0 Å². The van der Waals surface area contributed by atoms with E-state index < -0.39 is 5.91 Å². The van der Waals surface area contributed by atoms with E-state index >= 15 is 0 Å². The monoisotopic (exact) mass is 234 g/mol. The van der Waals surface area contributed by atoms with E-state index in [1.807, 2.05) is 0 Å². The van der Waals surface area contributed by atoms with Gasteiger partial charge in [0.1, 0.15) is 0 Å². The van der Waals surface area contributed by atoms with Crippen molar-refractivity contribution in [1.82, 2.24) is 25.2 Å². The molecule has 0 bridgehead atoms. The Morgan fingerprint density at radius 1 is 1.53 bits per heavy atom. The number of rotatable bonds is 3. The molecule has 9 heteroatoms. The Kier molecular flexibility index (Phi) is 2.92. The first-order valence-electron chi connectivity index (χ1n) is 4.66. The van der Waals surface area contributed by atoms with Crippen LogP contribution in [0.1, 0.15) is 10.4 Å². The minimum Gasteiger partial charge on any atom is -0.322 e. The molecule has 0 aromatic carbocycles. The van der Waals surface area contributed by atoms with Crippen molar-refractivity contribution < 1.29 is 4.79 Å². The normalized spacial score (nSPS) is 10.0.